The molecule has 3 rings (SSSR count). The van der Waals surface area contributed by atoms with Gasteiger partial charge in [-0.1, -0.05) is 26.3 Å². The summed E-state index contributed by atoms with van der Waals surface area (Å²) in [5.74, 6) is 0.784. The third-order valence-corrected chi connectivity index (χ3v) is 7.24. The Morgan fingerprint density at radius 2 is 1.73 bits per heavy atom. The number of nitrogens with zero attached hydrogens (tertiary/aromatic N) is 1. The van der Waals surface area contributed by atoms with E-state index in [-0.39, 0.29) is 17.4 Å². The zero-order valence-electron chi connectivity index (χ0n) is 17.8. The van der Waals surface area contributed by atoms with Crippen LogP contribution >= 0.6 is 0 Å². The standard InChI is InChI=1S/C23H30N2O4S/c1-17(2)22-12-9-20(15-18(22)3)29-16-23(26)24-19-7-10-21(11-8-19)30(27,28)25-13-5-4-6-14-25/h7-12,15,17H,4-6,13-14,16H2,1-3H3,(H,24,26). The van der Waals surface area contributed by atoms with E-state index in [2.05, 4.69) is 19.2 Å². The van der Waals surface area contributed by atoms with Crippen molar-refractivity contribution < 1.29 is 17.9 Å². The quantitative estimate of drug-likeness (QED) is 0.710. The number of benzene rings is 2. The summed E-state index contributed by atoms with van der Waals surface area (Å²) in [5, 5.41) is 2.74. The molecule has 2 aromatic carbocycles. The van der Waals surface area contributed by atoms with E-state index in [4.69, 9.17) is 4.74 Å². The van der Waals surface area contributed by atoms with Gasteiger partial charge in [-0.2, -0.15) is 4.31 Å². The molecule has 162 valence electrons. The first-order valence-corrected chi connectivity index (χ1v) is 11.8. The Morgan fingerprint density at radius 3 is 2.33 bits per heavy atom. The van der Waals surface area contributed by atoms with Crippen molar-refractivity contribution in [2.24, 2.45) is 0 Å². The van der Waals surface area contributed by atoms with Crippen LogP contribution in [0.5, 0.6) is 5.75 Å². The summed E-state index contributed by atoms with van der Waals surface area (Å²) in [6, 6.07) is 12.1. The van der Waals surface area contributed by atoms with Crippen LogP contribution in [0.4, 0.5) is 5.69 Å². The van der Waals surface area contributed by atoms with E-state index in [1.54, 1.807) is 12.1 Å². The van der Waals surface area contributed by atoms with Gasteiger partial charge in [-0.05, 0) is 73.2 Å². The van der Waals surface area contributed by atoms with Crippen molar-refractivity contribution in [1.82, 2.24) is 4.31 Å². The van der Waals surface area contributed by atoms with Crippen molar-refractivity contribution in [3.63, 3.8) is 0 Å². The lowest BCUT2D eigenvalue weighted by Crippen LogP contribution is -2.35. The zero-order valence-corrected chi connectivity index (χ0v) is 18.7. The SMILES string of the molecule is Cc1cc(OCC(=O)Nc2ccc(S(=O)(=O)N3CCCCC3)cc2)ccc1C(C)C. The minimum Gasteiger partial charge on any atom is -0.484 e. The molecule has 1 saturated heterocycles. The largest absolute Gasteiger partial charge is 0.484 e. The average Bonchev–Trinajstić information content (AvgIpc) is 2.73. The molecule has 0 aromatic heterocycles. The second-order valence-corrected chi connectivity index (χ2v) is 9.94. The Labute approximate surface area is 179 Å². The van der Waals surface area contributed by atoms with Crippen molar-refractivity contribution in [1.29, 1.82) is 0 Å². The van der Waals surface area contributed by atoms with Crippen LogP contribution in [0.25, 0.3) is 0 Å². The van der Waals surface area contributed by atoms with Crippen molar-refractivity contribution in [3.05, 3.63) is 53.6 Å². The Kier molecular flexibility index (Phi) is 7.15. The summed E-state index contributed by atoms with van der Waals surface area (Å²) in [6.45, 7) is 7.32. The van der Waals surface area contributed by atoms with Crippen LogP contribution in [0, 0.1) is 6.92 Å². The molecule has 0 unspecified atom stereocenters. The highest BCUT2D eigenvalue weighted by Gasteiger charge is 2.25. The van der Waals surface area contributed by atoms with E-state index in [1.807, 2.05) is 25.1 Å². The molecule has 1 N–H and O–H groups in total. The third-order valence-electron chi connectivity index (χ3n) is 5.32. The number of sulfonamides is 1. The number of carbonyl (C=O) groups excluding carboxylic acids is 1. The fraction of sp³-hybridized carbons (Fsp3) is 0.435. The summed E-state index contributed by atoms with van der Waals surface area (Å²) in [7, 11) is -3.47. The van der Waals surface area contributed by atoms with Gasteiger partial charge in [0.05, 0.1) is 4.90 Å². The predicted molar refractivity (Wildman–Crippen MR) is 118 cm³/mol. The van der Waals surface area contributed by atoms with E-state index >= 15 is 0 Å². The predicted octanol–water partition coefficient (Wildman–Crippen LogP) is 4.31. The molecular weight excluding hydrogens is 400 g/mol. The maximum Gasteiger partial charge on any atom is 0.262 e. The number of ether oxygens (including phenoxy) is 1. The topological polar surface area (TPSA) is 75.7 Å². The lowest BCUT2D eigenvalue weighted by molar-refractivity contribution is -0.118. The molecule has 1 fully saturated rings. The fourth-order valence-electron chi connectivity index (χ4n) is 3.70. The van der Waals surface area contributed by atoms with Gasteiger partial charge in [0.2, 0.25) is 10.0 Å². The molecule has 0 aliphatic carbocycles. The maximum atomic E-state index is 12.7. The minimum absolute atomic E-state index is 0.117. The molecular formula is C23H30N2O4S. The van der Waals surface area contributed by atoms with Gasteiger partial charge < -0.3 is 10.1 Å². The van der Waals surface area contributed by atoms with E-state index in [1.165, 1.54) is 22.0 Å². The second-order valence-electron chi connectivity index (χ2n) is 8.00. The summed E-state index contributed by atoms with van der Waals surface area (Å²) in [6.07, 6.45) is 2.86. The van der Waals surface area contributed by atoms with E-state index in [0.717, 1.165) is 24.8 Å². The Balaban J connectivity index is 1.56. The Morgan fingerprint density at radius 1 is 1.07 bits per heavy atom. The van der Waals surface area contributed by atoms with Crippen LogP contribution < -0.4 is 10.1 Å². The van der Waals surface area contributed by atoms with Crippen molar-refractivity contribution >= 4 is 21.6 Å². The molecule has 2 aromatic rings. The van der Waals surface area contributed by atoms with Crippen LogP contribution in [0.15, 0.2) is 47.4 Å². The summed E-state index contributed by atoms with van der Waals surface area (Å²) < 4.78 is 32.5. The van der Waals surface area contributed by atoms with Crippen LogP contribution in [-0.4, -0.2) is 38.3 Å². The Bertz CT molecular complexity index is 979. The third kappa shape index (κ3) is 5.40. The molecule has 0 spiro atoms. The molecule has 0 atom stereocenters. The van der Waals surface area contributed by atoms with Gasteiger partial charge >= 0.3 is 0 Å². The fourth-order valence-corrected chi connectivity index (χ4v) is 5.21. The number of amides is 1. The van der Waals surface area contributed by atoms with Gasteiger partial charge in [-0.15, -0.1) is 0 Å². The zero-order chi connectivity index (χ0) is 21.7. The van der Waals surface area contributed by atoms with Gasteiger partial charge in [0.15, 0.2) is 6.61 Å². The number of piperidine rings is 1. The molecule has 6 nitrogen and oxygen atoms in total. The van der Waals surface area contributed by atoms with Crippen molar-refractivity contribution in [3.8, 4) is 5.75 Å². The molecule has 1 aliphatic heterocycles. The monoisotopic (exact) mass is 430 g/mol. The molecule has 1 aliphatic rings. The van der Waals surface area contributed by atoms with Crippen LogP contribution in [0.1, 0.15) is 50.2 Å². The first-order chi connectivity index (χ1) is 14.3. The highest BCUT2D eigenvalue weighted by molar-refractivity contribution is 7.89. The molecule has 0 saturated carbocycles. The molecule has 1 amide bonds. The maximum absolute atomic E-state index is 12.7. The number of hydrogen-bond acceptors (Lipinski definition) is 4. The molecule has 1 heterocycles. The van der Waals surface area contributed by atoms with Gasteiger partial charge in [0.25, 0.3) is 5.91 Å². The highest BCUT2D eigenvalue weighted by Crippen LogP contribution is 2.24. The first-order valence-electron chi connectivity index (χ1n) is 10.4. The van der Waals surface area contributed by atoms with Crippen molar-refractivity contribution in [2.75, 3.05) is 25.0 Å². The van der Waals surface area contributed by atoms with Crippen LogP contribution in [-0.2, 0) is 14.8 Å². The Hall–Kier alpha value is -2.38. The van der Waals surface area contributed by atoms with Gasteiger partial charge in [-0.25, -0.2) is 8.42 Å². The number of hydrogen-bond donors (Lipinski definition) is 1. The lowest BCUT2D eigenvalue weighted by Gasteiger charge is -2.25. The number of nitrogens with one attached hydrogen (secondary N) is 1. The summed E-state index contributed by atoms with van der Waals surface area (Å²) in [5.41, 5.74) is 2.92. The number of aryl methyl sites for hydroxylation is 1. The smallest absolute Gasteiger partial charge is 0.262 e. The highest BCUT2D eigenvalue weighted by atomic mass is 32.2. The molecule has 30 heavy (non-hydrogen) atoms. The van der Waals surface area contributed by atoms with E-state index in [0.29, 0.717) is 30.4 Å². The molecule has 7 heteroatoms. The lowest BCUT2D eigenvalue weighted by atomic mass is 9.98. The second kappa shape index (κ2) is 9.62. The van der Waals surface area contributed by atoms with Crippen LogP contribution in [0.2, 0.25) is 0 Å². The number of anilines is 1. The summed E-state index contributed by atoms with van der Waals surface area (Å²) >= 11 is 0. The van der Waals surface area contributed by atoms with Crippen molar-refractivity contribution in [2.45, 2.75) is 50.8 Å². The van der Waals surface area contributed by atoms with Gasteiger partial charge in [0, 0.05) is 18.8 Å². The average molecular weight is 431 g/mol. The first kappa shape index (κ1) is 22.3. The normalized spacial score (nSPS) is 15.2. The van der Waals surface area contributed by atoms with E-state index < -0.39 is 10.0 Å². The number of carbonyl (C=O) groups is 1. The number of rotatable bonds is 7. The van der Waals surface area contributed by atoms with Gasteiger partial charge in [-0.3, -0.25) is 4.79 Å². The van der Waals surface area contributed by atoms with E-state index in [9.17, 15) is 13.2 Å². The van der Waals surface area contributed by atoms with Crippen LogP contribution in [0.3, 0.4) is 0 Å². The minimum atomic E-state index is -3.47. The van der Waals surface area contributed by atoms with Gasteiger partial charge in [0.1, 0.15) is 5.75 Å². The summed E-state index contributed by atoms with van der Waals surface area (Å²) in [4.78, 5) is 12.5. The molecule has 0 radical (unpaired) electrons. The molecule has 0 bridgehead atoms.